The monoisotopic (exact) mass is 660 g/mol. The van der Waals surface area contributed by atoms with Gasteiger partial charge in [0.05, 0.1) is 6.61 Å². The highest BCUT2D eigenvalue weighted by Gasteiger charge is 2.64. The zero-order valence-electron chi connectivity index (χ0n) is 23.8. The molecule has 1 aliphatic heterocycles. The Balaban J connectivity index is 1.89. The average Bonchev–Trinajstić information content (AvgIpc) is 2.94. The number of anilines is 1. The first-order valence-electron chi connectivity index (χ1n) is 13.5. The smallest absolute Gasteiger partial charge is 0.494 e. The molecular formula is C31H25F9N2O4. The van der Waals surface area contributed by atoms with Crippen LogP contribution in [0.3, 0.4) is 0 Å². The molecule has 0 unspecified atom stereocenters. The molecule has 0 bridgehead atoms. The normalized spacial score (nSPS) is 17.7. The lowest BCUT2D eigenvalue weighted by Gasteiger charge is -2.48. The third-order valence-electron chi connectivity index (χ3n) is 7.18. The number of hydrogen-bond donors (Lipinski definition) is 1. The summed E-state index contributed by atoms with van der Waals surface area (Å²) in [6.07, 6.45) is -17.4. The molecule has 1 atom stereocenters. The molecular weight excluding hydrogens is 635 g/mol. The molecule has 46 heavy (non-hydrogen) atoms. The van der Waals surface area contributed by atoms with Gasteiger partial charge in [0.25, 0.3) is 11.8 Å². The van der Waals surface area contributed by atoms with Crippen LogP contribution in [0.4, 0.5) is 45.2 Å². The van der Waals surface area contributed by atoms with Crippen molar-refractivity contribution in [3.63, 3.8) is 0 Å². The summed E-state index contributed by atoms with van der Waals surface area (Å²) >= 11 is 0. The number of carbonyl (C=O) groups is 2. The lowest BCUT2D eigenvalue weighted by molar-refractivity contribution is -0.274. The van der Waals surface area contributed by atoms with E-state index in [-0.39, 0.29) is 28.4 Å². The lowest BCUT2D eigenvalue weighted by Crippen LogP contribution is -2.62. The first-order chi connectivity index (χ1) is 21.3. The minimum Gasteiger partial charge on any atom is -0.494 e. The maximum absolute atomic E-state index is 15.6. The van der Waals surface area contributed by atoms with Crippen molar-refractivity contribution in [1.82, 2.24) is 0 Å². The van der Waals surface area contributed by atoms with Crippen LogP contribution in [0.5, 0.6) is 11.5 Å². The number of nitrogens with zero attached hydrogens (tertiary/aromatic N) is 1. The van der Waals surface area contributed by atoms with E-state index in [1.54, 1.807) is 19.1 Å². The van der Waals surface area contributed by atoms with Crippen LogP contribution < -0.4 is 20.1 Å². The quantitative estimate of drug-likeness (QED) is 0.145. The van der Waals surface area contributed by atoms with E-state index in [0.717, 1.165) is 42.0 Å². The van der Waals surface area contributed by atoms with Crippen LogP contribution in [0, 0.1) is 6.92 Å². The van der Waals surface area contributed by atoms with Crippen LogP contribution >= 0.6 is 0 Å². The Kier molecular flexibility index (Phi) is 9.36. The molecule has 0 aliphatic carbocycles. The second-order valence-electron chi connectivity index (χ2n) is 10.4. The summed E-state index contributed by atoms with van der Waals surface area (Å²) in [4.78, 5) is 26.9. The summed E-state index contributed by atoms with van der Waals surface area (Å²) in [5, 5.41) is 0. The van der Waals surface area contributed by atoms with Crippen molar-refractivity contribution < 1.29 is 58.6 Å². The topological polar surface area (TPSA) is 81.9 Å². The Morgan fingerprint density at radius 2 is 1.41 bits per heavy atom. The number of amides is 2. The number of carbonyl (C=O) groups excluding carboxylic acids is 2. The van der Waals surface area contributed by atoms with Gasteiger partial charge in [0.1, 0.15) is 17.1 Å². The predicted octanol–water partition coefficient (Wildman–Crippen LogP) is 7.75. The van der Waals surface area contributed by atoms with E-state index < -0.39 is 77.9 Å². The zero-order valence-corrected chi connectivity index (χ0v) is 23.8. The van der Waals surface area contributed by atoms with E-state index in [9.17, 15) is 35.9 Å². The highest BCUT2D eigenvalue weighted by atomic mass is 19.4. The third kappa shape index (κ3) is 7.40. The van der Waals surface area contributed by atoms with Gasteiger partial charge in [-0.05, 0) is 66.4 Å². The van der Waals surface area contributed by atoms with E-state index in [1.807, 2.05) is 0 Å². The molecule has 3 aromatic carbocycles. The maximum Gasteiger partial charge on any atom is 0.573 e. The molecule has 0 radical (unpaired) electrons. The standard InChI is InChI=1S/C31H25F9N2O4/c1-18-3-5-19(6-4-18)24-17-28(30(35,36)37,20-7-11-22(12-8-20)45-16-2-15-29(32,33)34)42(27(44)25(24)26(41)43)21-9-13-23(14-10-21)46-31(38,39)40/h3-14H,2,15-17H2,1H3,(H2,41,43)/t28-/m0/s1. The van der Waals surface area contributed by atoms with Gasteiger partial charge < -0.3 is 15.2 Å². The summed E-state index contributed by atoms with van der Waals surface area (Å²) in [7, 11) is 0. The number of halogens is 9. The van der Waals surface area contributed by atoms with Gasteiger partial charge in [-0.25, -0.2) is 0 Å². The van der Waals surface area contributed by atoms with Crippen LogP contribution in [-0.4, -0.2) is 37.1 Å². The molecule has 0 spiro atoms. The van der Waals surface area contributed by atoms with E-state index in [0.29, 0.717) is 12.1 Å². The lowest BCUT2D eigenvalue weighted by atomic mass is 9.74. The van der Waals surface area contributed by atoms with Crippen LogP contribution in [-0.2, 0) is 15.1 Å². The molecule has 0 saturated heterocycles. The van der Waals surface area contributed by atoms with Crippen molar-refractivity contribution in [3.05, 3.63) is 95.1 Å². The molecule has 0 saturated carbocycles. The van der Waals surface area contributed by atoms with Crippen LogP contribution in [0.15, 0.2) is 78.4 Å². The molecule has 3 aromatic rings. The first kappa shape index (κ1) is 34.2. The van der Waals surface area contributed by atoms with Gasteiger partial charge in [-0.1, -0.05) is 42.0 Å². The molecule has 0 fully saturated rings. The summed E-state index contributed by atoms with van der Waals surface area (Å²) in [6, 6.07) is 13.0. The average molecular weight is 661 g/mol. The summed E-state index contributed by atoms with van der Waals surface area (Å²) < 4.78 is 132. The summed E-state index contributed by atoms with van der Waals surface area (Å²) in [5.74, 6) is -3.64. The number of aryl methyl sites for hydroxylation is 1. The van der Waals surface area contributed by atoms with Crippen molar-refractivity contribution >= 4 is 23.1 Å². The van der Waals surface area contributed by atoms with E-state index in [2.05, 4.69) is 4.74 Å². The maximum atomic E-state index is 15.6. The Morgan fingerprint density at radius 3 is 1.91 bits per heavy atom. The van der Waals surface area contributed by atoms with Crippen LogP contribution in [0.25, 0.3) is 5.57 Å². The molecule has 4 rings (SSSR count). The largest absolute Gasteiger partial charge is 0.573 e. The molecule has 6 nitrogen and oxygen atoms in total. The Morgan fingerprint density at radius 1 is 0.848 bits per heavy atom. The predicted molar refractivity (Wildman–Crippen MR) is 147 cm³/mol. The molecule has 0 aromatic heterocycles. The van der Waals surface area contributed by atoms with E-state index >= 15 is 13.2 Å². The number of rotatable bonds is 9. The Hall–Kier alpha value is -4.69. The Labute approximate surface area is 256 Å². The van der Waals surface area contributed by atoms with Crippen molar-refractivity contribution in [2.45, 2.75) is 50.4 Å². The molecule has 2 N–H and O–H groups in total. The number of alkyl halides is 9. The van der Waals surface area contributed by atoms with Crippen LogP contribution in [0.1, 0.15) is 36.0 Å². The minimum absolute atomic E-state index is 0.0577. The zero-order chi connectivity index (χ0) is 34.1. The number of primary amides is 1. The number of ether oxygens (including phenoxy) is 2. The van der Waals surface area contributed by atoms with Crippen molar-refractivity contribution in [1.29, 1.82) is 0 Å². The molecule has 2 amide bonds. The van der Waals surface area contributed by atoms with Gasteiger partial charge in [-0.15, -0.1) is 13.2 Å². The summed E-state index contributed by atoms with van der Waals surface area (Å²) in [5.41, 5.74) is 0.933. The fraction of sp³-hybridized carbons (Fsp3) is 0.290. The molecule has 1 aliphatic rings. The van der Waals surface area contributed by atoms with Gasteiger partial charge in [-0.2, -0.15) is 26.3 Å². The van der Waals surface area contributed by atoms with E-state index in [1.165, 1.54) is 12.1 Å². The number of hydrogen-bond acceptors (Lipinski definition) is 4. The van der Waals surface area contributed by atoms with Crippen molar-refractivity contribution in [2.75, 3.05) is 11.5 Å². The second kappa shape index (κ2) is 12.6. The molecule has 1 heterocycles. The van der Waals surface area contributed by atoms with Gasteiger partial charge in [0.2, 0.25) is 0 Å². The van der Waals surface area contributed by atoms with Gasteiger partial charge in [-0.3, -0.25) is 14.5 Å². The first-order valence-corrected chi connectivity index (χ1v) is 13.5. The highest BCUT2D eigenvalue weighted by molar-refractivity contribution is 6.29. The minimum atomic E-state index is -5.29. The highest BCUT2D eigenvalue weighted by Crippen LogP contribution is 2.55. The number of benzene rings is 3. The van der Waals surface area contributed by atoms with Crippen molar-refractivity contribution in [2.24, 2.45) is 5.73 Å². The van der Waals surface area contributed by atoms with E-state index in [4.69, 9.17) is 10.5 Å². The molecule has 15 heteroatoms. The third-order valence-corrected chi connectivity index (χ3v) is 7.18. The van der Waals surface area contributed by atoms with Gasteiger partial charge in [0, 0.05) is 18.5 Å². The fourth-order valence-corrected chi connectivity index (χ4v) is 5.14. The van der Waals surface area contributed by atoms with Crippen molar-refractivity contribution in [3.8, 4) is 11.5 Å². The number of nitrogens with two attached hydrogens (primary N) is 1. The summed E-state index contributed by atoms with van der Waals surface area (Å²) in [6.45, 7) is 1.32. The second-order valence-corrected chi connectivity index (χ2v) is 10.4. The fourth-order valence-electron chi connectivity index (χ4n) is 5.14. The van der Waals surface area contributed by atoms with Crippen LogP contribution in [0.2, 0.25) is 0 Å². The van der Waals surface area contributed by atoms with Gasteiger partial charge in [0.15, 0.2) is 5.54 Å². The Bertz CT molecular complexity index is 1600. The SMILES string of the molecule is Cc1ccc(C2=C(C(N)=O)C(=O)N(c3ccc(OC(F)(F)F)cc3)[C@@](c3ccc(OCCCC(F)(F)F)cc3)(C(F)(F)F)C2)cc1. The molecule has 246 valence electrons. The van der Waals surface area contributed by atoms with Gasteiger partial charge >= 0.3 is 18.7 Å².